The summed E-state index contributed by atoms with van der Waals surface area (Å²) in [6.07, 6.45) is 0.131. The van der Waals surface area contributed by atoms with Crippen molar-refractivity contribution in [1.82, 2.24) is 0 Å². The van der Waals surface area contributed by atoms with Gasteiger partial charge in [-0.15, -0.1) is 11.3 Å². The summed E-state index contributed by atoms with van der Waals surface area (Å²) in [5, 5.41) is 1.64. The minimum absolute atomic E-state index is 0.0284. The summed E-state index contributed by atoms with van der Waals surface area (Å²) in [5.41, 5.74) is 0.381. The number of Topliss-reactive ketones (excluding diaryl/α,β-unsaturated/α-hetero) is 1. The number of thiophene rings is 1. The molecule has 0 atom stereocenters. The summed E-state index contributed by atoms with van der Waals surface area (Å²) >= 11 is 1.13. The lowest BCUT2D eigenvalue weighted by atomic mass is 10.2. The van der Waals surface area contributed by atoms with Crippen molar-refractivity contribution in [1.29, 1.82) is 0 Å². The van der Waals surface area contributed by atoms with Crippen LogP contribution >= 0.6 is 11.3 Å². The Labute approximate surface area is 73.9 Å². The molecule has 0 N–H and O–H groups in total. The highest BCUT2D eigenvalue weighted by atomic mass is 32.2. The van der Waals surface area contributed by atoms with Crippen molar-refractivity contribution in [2.75, 3.05) is 5.75 Å². The normalized spacial score (nSPS) is 20.5. The second-order valence-corrected chi connectivity index (χ2v) is 5.83. The van der Waals surface area contributed by atoms with E-state index in [2.05, 4.69) is 0 Å². The third-order valence-electron chi connectivity index (χ3n) is 1.81. The molecule has 2 rings (SSSR count). The maximum Gasteiger partial charge on any atom is 0.188 e. The van der Waals surface area contributed by atoms with Crippen molar-refractivity contribution in [3.63, 3.8) is 0 Å². The molecule has 0 radical (unpaired) electrons. The molecule has 0 spiro atoms. The zero-order valence-corrected chi connectivity index (χ0v) is 7.74. The van der Waals surface area contributed by atoms with E-state index in [0.717, 1.165) is 11.3 Å². The predicted octanol–water partition coefficient (Wildman–Crippen LogP) is 1.11. The first-order valence-corrected chi connectivity index (χ1v) is 5.98. The van der Waals surface area contributed by atoms with Crippen LogP contribution < -0.4 is 0 Å². The molecular formula is C7H6O3S2. The third kappa shape index (κ3) is 1.01. The van der Waals surface area contributed by atoms with Crippen LogP contribution in [0.3, 0.4) is 0 Å². The molecule has 12 heavy (non-hydrogen) atoms. The minimum atomic E-state index is -3.13. The van der Waals surface area contributed by atoms with Gasteiger partial charge in [0.05, 0.1) is 5.75 Å². The first kappa shape index (κ1) is 7.94. The molecule has 0 bridgehead atoms. The van der Waals surface area contributed by atoms with Crippen molar-refractivity contribution >= 4 is 27.0 Å². The highest BCUT2D eigenvalue weighted by molar-refractivity contribution is 7.93. The number of sulfone groups is 1. The summed E-state index contributed by atoms with van der Waals surface area (Å²) in [4.78, 5) is 11.2. The summed E-state index contributed by atoms with van der Waals surface area (Å²) in [6, 6.07) is 1.58. The van der Waals surface area contributed by atoms with E-state index in [0.29, 0.717) is 5.56 Å². The topological polar surface area (TPSA) is 51.2 Å². The van der Waals surface area contributed by atoms with Gasteiger partial charge in [0.2, 0.25) is 0 Å². The van der Waals surface area contributed by atoms with Crippen LogP contribution in [-0.2, 0) is 9.84 Å². The number of ketones is 1. The fraction of sp³-hybridized carbons (Fsp3) is 0.286. The Hall–Kier alpha value is -0.680. The zero-order chi connectivity index (χ0) is 8.77. The average Bonchev–Trinajstić information content (AvgIpc) is 2.46. The molecule has 1 aliphatic heterocycles. The van der Waals surface area contributed by atoms with Crippen molar-refractivity contribution < 1.29 is 13.2 Å². The van der Waals surface area contributed by atoms with Gasteiger partial charge in [0.25, 0.3) is 0 Å². The quantitative estimate of drug-likeness (QED) is 0.633. The van der Waals surface area contributed by atoms with Crippen LogP contribution in [0, 0.1) is 0 Å². The standard InChI is InChI=1S/C7H6O3S2/c8-6-2-4-12(9,10)7-5(6)1-3-11-7/h1,3H,2,4H2. The Kier molecular flexibility index (Phi) is 1.59. The molecule has 0 aromatic carbocycles. The van der Waals surface area contributed by atoms with Crippen LogP contribution in [0.4, 0.5) is 0 Å². The lowest BCUT2D eigenvalue weighted by Crippen LogP contribution is -2.18. The highest BCUT2D eigenvalue weighted by Crippen LogP contribution is 2.29. The minimum Gasteiger partial charge on any atom is -0.294 e. The van der Waals surface area contributed by atoms with Gasteiger partial charge in [-0.05, 0) is 11.4 Å². The smallest absolute Gasteiger partial charge is 0.188 e. The number of hydrogen-bond donors (Lipinski definition) is 0. The summed E-state index contributed by atoms with van der Waals surface area (Å²) < 4.78 is 22.9. The fourth-order valence-corrected chi connectivity index (χ4v) is 3.99. The maximum atomic E-state index is 11.3. The van der Waals surface area contributed by atoms with Gasteiger partial charge in [0.15, 0.2) is 15.6 Å². The van der Waals surface area contributed by atoms with Crippen LogP contribution in [0.25, 0.3) is 0 Å². The fourth-order valence-electron chi connectivity index (χ4n) is 1.20. The molecular weight excluding hydrogens is 196 g/mol. The number of hydrogen-bond acceptors (Lipinski definition) is 4. The van der Waals surface area contributed by atoms with Crippen molar-refractivity contribution in [2.24, 2.45) is 0 Å². The molecule has 3 nitrogen and oxygen atoms in total. The molecule has 0 amide bonds. The SMILES string of the molecule is O=C1CCS(=O)(=O)c2sccc21. The van der Waals surface area contributed by atoms with E-state index in [1.165, 1.54) is 0 Å². The van der Waals surface area contributed by atoms with E-state index in [1.807, 2.05) is 0 Å². The van der Waals surface area contributed by atoms with Crippen LogP contribution in [0.15, 0.2) is 15.7 Å². The van der Waals surface area contributed by atoms with E-state index in [-0.39, 0.29) is 22.2 Å². The summed E-state index contributed by atoms with van der Waals surface area (Å²) in [5.74, 6) is -0.0830. The monoisotopic (exact) mass is 202 g/mol. The van der Waals surface area contributed by atoms with Gasteiger partial charge in [-0.1, -0.05) is 0 Å². The van der Waals surface area contributed by atoms with Gasteiger partial charge in [-0.25, -0.2) is 8.42 Å². The molecule has 0 saturated heterocycles. The number of rotatable bonds is 0. The molecule has 0 saturated carbocycles. The van der Waals surface area contributed by atoms with Gasteiger partial charge in [0.1, 0.15) is 4.21 Å². The molecule has 2 heterocycles. The van der Waals surface area contributed by atoms with Crippen LogP contribution in [-0.4, -0.2) is 20.0 Å². The van der Waals surface area contributed by atoms with Gasteiger partial charge >= 0.3 is 0 Å². The zero-order valence-electron chi connectivity index (χ0n) is 6.11. The second kappa shape index (κ2) is 2.40. The molecule has 0 fully saturated rings. The largest absolute Gasteiger partial charge is 0.294 e. The molecule has 1 aromatic rings. The van der Waals surface area contributed by atoms with E-state index in [4.69, 9.17) is 0 Å². The predicted molar refractivity (Wildman–Crippen MR) is 45.3 cm³/mol. The van der Waals surface area contributed by atoms with E-state index in [1.54, 1.807) is 11.4 Å². The number of carbonyl (C=O) groups excluding carboxylic acids is 1. The Morgan fingerprint density at radius 3 is 2.83 bits per heavy atom. The Morgan fingerprint density at radius 1 is 1.42 bits per heavy atom. The van der Waals surface area contributed by atoms with E-state index >= 15 is 0 Å². The highest BCUT2D eigenvalue weighted by Gasteiger charge is 2.29. The lowest BCUT2D eigenvalue weighted by molar-refractivity contribution is 0.0984. The van der Waals surface area contributed by atoms with Crippen molar-refractivity contribution in [3.05, 3.63) is 17.0 Å². The molecule has 1 aromatic heterocycles. The summed E-state index contributed by atoms with van der Waals surface area (Å²) in [7, 11) is -3.13. The first-order valence-electron chi connectivity index (χ1n) is 3.45. The van der Waals surface area contributed by atoms with E-state index in [9.17, 15) is 13.2 Å². The van der Waals surface area contributed by atoms with Gasteiger partial charge in [0, 0.05) is 12.0 Å². The number of fused-ring (bicyclic) bond motifs is 1. The second-order valence-electron chi connectivity index (χ2n) is 2.61. The molecule has 5 heteroatoms. The molecule has 0 unspecified atom stereocenters. The average molecular weight is 202 g/mol. The number of carbonyl (C=O) groups is 1. The van der Waals surface area contributed by atoms with Crippen LogP contribution in [0.5, 0.6) is 0 Å². The third-order valence-corrected chi connectivity index (χ3v) is 5.09. The van der Waals surface area contributed by atoms with Crippen molar-refractivity contribution in [3.8, 4) is 0 Å². The Bertz CT molecular complexity index is 427. The molecule has 0 aliphatic carbocycles. The van der Waals surface area contributed by atoms with Crippen LogP contribution in [0.2, 0.25) is 0 Å². The van der Waals surface area contributed by atoms with Gasteiger partial charge in [-0.2, -0.15) is 0 Å². The van der Waals surface area contributed by atoms with Gasteiger partial charge < -0.3 is 0 Å². The first-order chi connectivity index (χ1) is 5.61. The Morgan fingerprint density at radius 2 is 2.17 bits per heavy atom. The lowest BCUT2D eigenvalue weighted by Gasteiger charge is -2.09. The van der Waals surface area contributed by atoms with E-state index < -0.39 is 9.84 Å². The van der Waals surface area contributed by atoms with Gasteiger partial charge in [-0.3, -0.25) is 4.79 Å². The van der Waals surface area contributed by atoms with Crippen molar-refractivity contribution in [2.45, 2.75) is 10.6 Å². The van der Waals surface area contributed by atoms with Crippen LogP contribution in [0.1, 0.15) is 16.8 Å². The molecule has 64 valence electrons. The summed E-state index contributed by atoms with van der Waals surface area (Å²) in [6.45, 7) is 0. The Balaban J connectivity index is 2.73. The molecule has 1 aliphatic rings. The maximum absolute atomic E-state index is 11.3.